The van der Waals surface area contributed by atoms with Crippen LogP contribution in [0, 0.1) is 0 Å². The Hall–Kier alpha value is -1.03. The van der Waals surface area contributed by atoms with E-state index in [1.165, 1.54) is 0 Å². The molecule has 1 atom stereocenters. The van der Waals surface area contributed by atoms with E-state index < -0.39 is 6.10 Å². The lowest BCUT2D eigenvalue weighted by atomic mass is 10.00. The van der Waals surface area contributed by atoms with E-state index in [4.69, 9.17) is 17.3 Å². The highest BCUT2D eigenvalue weighted by molar-refractivity contribution is 9.10. The van der Waals surface area contributed by atoms with Crippen LogP contribution in [0.3, 0.4) is 0 Å². The van der Waals surface area contributed by atoms with Crippen LogP contribution in [0.25, 0.3) is 0 Å². The van der Waals surface area contributed by atoms with Gasteiger partial charge in [0.25, 0.3) is 0 Å². The minimum absolute atomic E-state index is 0.527. The second kappa shape index (κ2) is 5.08. The molecule has 0 aliphatic carbocycles. The molecule has 0 aliphatic heterocycles. The first kappa shape index (κ1) is 12.4. The number of anilines is 1. The van der Waals surface area contributed by atoms with Gasteiger partial charge in [0.05, 0.1) is 5.69 Å². The van der Waals surface area contributed by atoms with Gasteiger partial charge in [0.1, 0.15) is 6.10 Å². The van der Waals surface area contributed by atoms with Crippen molar-refractivity contribution in [2.24, 2.45) is 0 Å². The molecule has 0 heterocycles. The molecule has 0 saturated carbocycles. The molecule has 0 radical (unpaired) electrons. The molecular formula is C13H11BrClNO. The number of rotatable bonds is 2. The Kier molecular flexibility index (Phi) is 3.72. The number of halogens is 2. The smallest absolute Gasteiger partial charge is 0.108 e. The Morgan fingerprint density at radius 3 is 2.41 bits per heavy atom. The summed E-state index contributed by atoms with van der Waals surface area (Å²) in [5, 5.41) is 10.8. The van der Waals surface area contributed by atoms with Crippen molar-refractivity contribution in [3.63, 3.8) is 0 Å². The van der Waals surface area contributed by atoms with Crippen molar-refractivity contribution in [1.82, 2.24) is 0 Å². The van der Waals surface area contributed by atoms with E-state index in [0.29, 0.717) is 21.8 Å². The minimum atomic E-state index is -0.818. The molecule has 0 saturated heterocycles. The Balaban J connectivity index is 2.48. The molecule has 2 nitrogen and oxygen atoms in total. The second-order valence-corrected chi connectivity index (χ2v) is 4.93. The number of hydrogen-bond donors (Lipinski definition) is 2. The highest BCUT2D eigenvalue weighted by Crippen LogP contribution is 2.34. The first-order chi connectivity index (χ1) is 8.11. The van der Waals surface area contributed by atoms with E-state index in [9.17, 15) is 5.11 Å². The SMILES string of the molecule is Nc1c(Br)cccc1C(O)c1ccccc1Cl. The zero-order chi connectivity index (χ0) is 12.4. The van der Waals surface area contributed by atoms with Crippen LogP contribution in [0.1, 0.15) is 17.2 Å². The molecule has 0 fully saturated rings. The third-order valence-corrected chi connectivity index (χ3v) is 3.62. The molecular weight excluding hydrogens is 302 g/mol. The van der Waals surface area contributed by atoms with E-state index in [2.05, 4.69) is 15.9 Å². The van der Waals surface area contributed by atoms with Crippen molar-refractivity contribution >= 4 is 33.2 Å². The summed E-state index contributed by atoms with van der Waals surface area (Å²) in [5.74, 6) is 0. The van der Waals surface area contributed by atoms with E-state index in [0.717, 1.165) is 4.47 Å². The largest absolute Gasteiger partial charge is 0.398 e. The number of benzene rings is 2. The van der Waals surface area contributed by atoms with E-state index in [1.807, 2.05) is 24.3 Å². The molecule has 0 amide bonds. The number of nitrogens with two attached hydrogens (primary N) is 1. The zero-order valence-electron chi connectivity index (χ0n) is 8.90. The molecule has 1 unspecified atom stereocenters. The lowest BCUT2D eigenvalue weighted by Crippen LogP contribution is -2.04. The van der Waals surface area contributed by atoms with Crippen molar-refractivity contribution in [3.05, 3.63) is 63.1 Å². The molecule has 0 aliphatic rings. The van der Waals surface area contributed by atoms with Gasteiger partial charge >= 0.3 is 0 Å². The van der Waals surface area contributed by atoms with Crippen molar-refractivity contribution in [3.8, 4) is 0 Å². The van der Waals surface area contributed by atoms with Crippen LogP contribution in [0.4, 0.5) is 5.69 Å². The van der Waals surface area contributed by atoms with Gasteiger partial charge in [-0.2, -0.15) is 0 Å². The van der Waals surface area contributed by atoms with E-state index in [1.54, 1.807) is 18.2 Å². The molecule has 0 spiro atoms. The van der Waals surface area contributed by atoms with Crippen molar-refractivity contribution in [2.75, 3.05) is 5.73 Å². The summed E-state index contributed by atoms with van der Waals surface area (Å²) in [6.45, 7) is 0. The fourth-order valence-electron chi connectivity index (χ4n) is 1.66. The first-order valence-corrected chi connectivity index (χ1v) is 6.24. The second-order valence-electron chi connectivity index (χ2n) is 3.67. The van der Waals surface area contributed by atoms with Crippen molar-refractivity contribution in [2.45, 2.75) is 6.10 Å². The summed E-state index contributed by atoms with van der Waals surface area (Å²) in [5.41, 5.74) is 7.75. The van der Waals surface area contributed by atoms with Gasteiger partial charge in [0.15, 0.2) is 0 Å². The average Bonchev–Trinajstić information content (AvgIpc) is 2.32. The molecule has 2 aromatic carbocycles. The number of para-hydroxylation sites is 1. The predicted octanol–water partition coefficient (Wildman–Crippen LogP) is 3.77. The van der Waals surface area contributed by atoms with Crippen LogP contribution in [0.15, 0.2) is 46.9 Å². The zero-order valence-corrected chi connectivity index (χ0v) is 11.2. The normalized spacial score (nSPS) is 12.4. The van der Waals surface area contributed by atoms with Crippen LogP contribution in [-0.4, -0.2) is 5.11 Å². The van der Waals surface area contributed by atoms with Gasteiger partial charge < -0.3 is 10.8 Å². The van der Waals surface area contributed by atoms with E-state index >= 15 is 0 Å². The van der Waals surface area contributed by atoms with Crippen LogP contribution >= 0.6 is 27.5 Å². The summed E-state index contributed by atoms with van der Waals surface area (Å²) < 4.78 is 0.765. The maximum Gasteiger partial charge on any atom is 0.108 e. The summed E-state index contributed by atoms with van der Waals surface area (Å²) >= 11 is 9.38. The quantitative estimate of drug-likeness (QED) is 0.829. The maximum absolute atomic E-state index is 10.3. The van der Waals surface area contributed by atoms with Crippen molar-refractivity contribution < 1.29 is 5.11 Å². The number of aliphatic hydroxyl groups is 1. The van der Waals surface area contributed by atoms with Crippen LogP contribution < -0.4 is 5.73 Å². The third kappa shape index (κ3) is 2.46. The monoisotopic (exact) mass is 311 g/mol. The maximum atomic E-state index is 10.3. The first-order valence-electron chi connectivity index (χ1n) is 5.07. The predicted molar refractivity (Wildman–Crippen MR) is 74.1 cm³/mol. The number of aliphatic hydroxyl groups excluding tert-OH is 1. The number of nitrogen functional groups attached to an aromatic ring is 1. The van der Waals surface area contributed by atoms with Gasteiger partial charge in [0, 0.05) is 20.6 Å². The standard InChI is InChI=1S/C13H11BrClNO/c14-10-6-3-5-9(12(10)16)13(17)8-4-1-2-7-11(8)15/h1-7,13,17H,16H2. The van der Waals surface area contributed by atoms with Gasteiger partial charge in [-0.15, -0.1) is 0 Å². The Labute approximate surface area is 113 Å². The highest BCUT2D eigenvalue weighted by atomic mass is 79.9. The molecule has 88 valence electrons. The Bertz CT molecular complexity index is 545. The third-order valence-electron chi connectivity index (χ3n) is 2.58. The minimum Gasteiger partial charge on any atom is -0.398 e. The summed E-state index contributed by atoms with van der Waals surface area (Å²) in [7, 11) is 0. The fourth-order valence-corrected chi connectivity index (χ4v) is 2.28. The van der Waals surface area contributed by atoms with Gasteiger partial charge in [-0.05, 0) is 28.1 Å². The molecule has 2 rings (SSSR count). The molecule has 4 heteroatoms. The topological polar surface area (TPSA) is 46.2 Å². The van der Waals surface area contributed by atoms with E-state index in [-0.39, 0.29) is 0 Å². The molecule has 2 aromatic rings. The lowest BCUT2D eigenvalue weighted by Gasteiger charge is -2.15. The van der Waals surface area contributed by atoms with Crippen LogP contribution in [0.5, 0.6) is 0 Å². The van der Waals surface area contributed by atoms with Crippen molar-refractivity contribution in [1.29, 1.82) is 0 Å². The van der Waals surface area contributed by atoms with Gasteiger partial charge in [-0.3, -0.25) is 0 Å². The highest BCUT2D eigenvalue weighted by Gasteiger charge is 2.16. The fraction of sp³-hybridized carbons (Fsp3) is 0.0769. The van der Waals surface area contributed by atoms with Gasteiger partial charge in [-0.1, -0.05) is 41.9 Å². The summed E-state index contributed by atoms with van der Waals surface area (Å²) in [4.78, 5) is 0. The van der Waals surface area contributed by atoms with Gasteiger partial charge in [-0.25, -0.2) is 0 Å². The molecule has 0 aromatic heterocycles. The molecule has 0 bridgehead atoms. The van der Waals surface area contributed by atoms with Crippen LogP contribution in [-0.2, 0) is 0 Å². The Morgan fingerprint density at radius 2 is 1.71 bits per heavy atom. The molecule has 3 N–H and O–H groups in total. The Morgan fingerprint density at radius 1 is 1.06 bits per heavy atom. The molecule has 17 heavy (non-hydrogen) atoms. The summed E-state index contributed by atoms with van der Waals surface area (Å²) in [6.07, 6.45) is -0.818. The summed E-state index contributed by atoms with van der Waals surface area (Å²) in [6, 6.07) is 12.6. The average molecular weight is 313 g/mol. The van der Waals surface area contributed by atoms with Crippen LogP contribution in [0.2, 0.25) is 5.02 Å². The van der Waals surface area contributed by atoms with Gasteiger partial charge in [0.2, 0.25) is 0 Å². The number of hydrogen-bond acceptors (Lipinski definition) is 2. The lowest BCUT2D eigenvalue weighted by molar-refractivity contribution is 0.221.